The van der Waals surface area contributed by atoms with Crippen molar-refractivity contribution in [2.45, 2.75) is 24.9 Å². The van der Waals surface area contributed by atoms with Crippen molar-refractivity contribution in [3.63, 3.8) is 0 Å². The first-order chi connectivity index (χ1) is 24.3. The second-order valence-corrected chi connectivity index (χ2v) is 13.0. The molecule has 0 radical (unpaired) electrons. The van der Waals surface area contributed by atoms with Gasteiger partial charge in [0, 0.05) is 58.2 Å². The lowest BCUT2D eigenvalue weighted by molar-refractivity contribution is 0.269. The maximum atomic E-state index is 6.46. The Bertz CT molecular complexity index is 2440. The third-order valence-corrected chi connectivity index (χ3v) is 10.2. The number of hydrogen-bond acceptors (Lipinski definition) is 4. The van der Waals surface area contributed by atoms with Crippen molar-refractivity contribution in [1.82, 2.24) is 4.98 Å². The van der Waals surface area contributed by atoms with E-state index in [-0.39, 0.29) is 12.0 Å². The third kappa shape index (κ3) is 4.71. The zero-order chi connectivity index (χ0) is 32.3. The van der Waals surface area contributed by atoms with Gasteiger partial charge in [-0.2, -0.15) is 0 Å². The molecule has 2 unspecified atom stereocenters. The number of aryl methyl sites for hydroxylation is 2. The van der Waals surface area contributed by atoms with E-state index in [1.165, 1.54) is 44.5 Å². The molecule has 7 aromatic rings. The molecule has 3 aliphatic rings. The molecule has 0 bridgehead atoms. The number of anilines is 3. The van der Waals surface area contributed by atoms with E-state index in [2.05, 4.69) is 156 Å². The van der Waals surface area contributed by atoms with Gasteiger partial charge < -0.3 is 14.1 Å². The predicted molar refractivity (Wildman–Crippen MR) is 198 cm³/mol. The minimum atomic E-state index is 0.0494. The molecule has 10 rings (SSSR count). The molecule has 0 amide bonds. The summed E-state index contributed by atoms with van der Waals surface area (Å²) in [6.07, 6.45) is 12.3. The van der Waals surface area contributed by atoms with Crippen LogP contribution in [-0.2, 0) is 12.8 Å². The lowest BCUT2D eigenvalue weighted by Gasteiger charge is -2.27. The van der Waals surface area contributed by atoms with Crippen LogP contribution in [0.25, 0.3) is 44.5 Å². The van der Waals surface area contributed by atoms with Gasteiger partial charge >= 0.3 is 0 Å². The molecule has 4 nitrogen and oxygen atoms in total. The molecule has 2 atom stereocenters. The molecule has 3 heterocycles. The van der Waals surface area contributed by atoms with Crippen LogP contribution in [0.3, 0.4) is 0 Å². The average Bonchev–Trinajstić information content (AvgIpc) is 3.74. The number of furan rings is 1. The van der Waals surface area contributed by atoms with Crippen LogP contribution in [0, 0.1) is 0 Å². The van der Waals surface area contributed by atoms with Crippen LogP contribution < -0.4 is 9.64 Å². The minimum Gasteiger partial charge on any atom is -0.485 e. The summed E-state index contributed by atoms with van der Waals surface area (Å²) in [6, 6.07) is 45.9. The van der Waals surface area contributed by atoms with Crippen LogP contribution in [0.1, 0.15) is 22.8 Å². The summed E-state index contributed by atoms with van der Waals surface area (Å²) in [5, 5.41) is 1.09. The molecule has 0 spiro atoms. The van der Waals surface area contributed by atoms with E-state index in [1.54, 1.807) is 6.20 Å². The summed E-state index contributed by atoms with van der Waals surface area (Å²) in [4.78, 5) is 6.82. The van der Waals surface area contributed by atoms with Crippen LogP contribution >= 0.6 is 0 Å². The van der Waals surface area contributed by atoms with Crippen molar-refractivity contribution in [2.24, 2.45) is 0 Å². The molecule has 0 fully saturated rings. The van der Waals surface area contributed by atoms with Crippen molar-refractivity contribution in [3.8, 4) is 39.1 Å². The Labute approximate surface area is 285 Å². The topological polar surface area (TPSA) is 38.5 Å². The van der Waals surface area contributed by atoms with Gasteiger partial charge in [-0.25, -0.2) is 4.98 Å². The lowest BCUT2D eigenvalue weighted by atomic mass is 9.86. The molecule has 49 heavy (non-hydrogen) atoms. The first-order valence-electron chi connectivity index (χ1n) is 17.0. The fourth-order valence-electron chi connectivity index (χ4n) is 7.78. The van der Waals surface area contributed by atoms with E-state index in [4.69, 9.17) is 9.15 Å². The highest BCUT2D eigenvalue weighted by molar-refractivity contribution is 5.96. The standard InChI is InChI=1S/C45H32N2O2/c1-2-8-29(9-3-1)32-10-6-11-35(26-32)47(36-22-23-38-37-12-4-5-14-41(37)48-43(38)28-36)34-20-17-30(18-21-34)33-16-15-31-19-24-42-44(40(31)27-33)39-13-7-25-46-45(39)49-42/h1-18,20-23,25-28,37,41H,19,24H2. The molecule has 5 aromatic carbocycles. The average molecular weight is 633 g/mol. The minimum absolute atomic E-state index is 0.0494. The fraction of sp³-hybridized carbons (Fsp3) is 0.0889. The van der Waals surface area contributed by atoms with Crippen molar-refractivity contribution < 1.29 is 9.15 Å². The Balaban J connectivity index is 1.05. The summed E-state index contributed by atoms with van der Waals surface area (Å²) >= 11 is 0. The molecule has 4 heteroatoms. The van der Waals surface area contributed by atoms with Crippen LogP contribution in [0.4, 0.5) is 17.1 Å². The highest BCUT2D eigenvalue weighted by atomic mass is 16.5. The molecule has 2 aliphatic carbocycles. The van der Waals surface area contributed by atoms with E-state index in [0.29, 0.717) is 0 Å². The van der Waals surface area contributed by atoms with Gasteiger partial charge in [-0.15, -0.1) is 0 Å². The van der Waals surface area contributed by atoms with Gasteiger partial charge in [-0.3, -0.25) is 0 Å². The molecule has 0 N–H and O–H groups in total. The van der Waals surface area contributed by atoms with Gasteiger partial charge in [-0.05, 0) is 94.4 Å². The SMILES string of the molecule is C1=CC2Oc3cc(N(c4ccc(-c5ccc6c(c5)-c5c(oc7ncccc57)CC6)cc4)c4cccc(-c5ccccc5)c4)ccc3C2C=C1. The normalized spacial score (nSPS) is 16.8. The quantitative estimate of drug-likeness (QED) is 0.189. The fourth-order valence-corrected chi connectivity index (χ4v) is 7.78. The van der Waals surface area contributed by atoms with Gasteiger partial charge in [0.1, 0.15) is 17.6 Å². The summed E-state index contributed by atoms with van der Waals surface area (Å²) in [5.74, 6) is 2.24. The maximum absolute atomic E-state index is 6.46. The zero-order valence-electron chi connectivity index (χ0n) is 26.8. The molecule has 234 valence electrons. The smallest absolute Gasteiger partial charge is 0.226 e. The Kier molecular flexibility index (Phi) is 6.41. The van der Waals surface area contributed by atoms with E-state index < -0.39 is 0 Å². The highest BCUT2D eigenvalue weighted by Gasteiger charge is 2.32. The second-order valence-electron chi connectivity index (χ2n) is 13.0. The molecular weight excluding hydrogens is 601 g/mol. The maximum Gasteiger partial charge on any atom is 0.226 e. The Morgan fingerprint density at radius 2 is 1.39 bits per heavy atom. The number of hydrogen-bond donors (Lipinski definition) is 0. The molecule has 0 saturated carbocycles. The zero-order valence-corrected chi connectivity index (χ0v) is 26.8. The first-order valence-corrected chi connectivity index (χ1v) is 17.0. The number of pyridine rings is 1. The van der Waals surface area contributed by atoms with Crippen molar-refractivity contribution in [2.75, 3.05) is 4.90 Å². The van der Waals surface area contributed by atoms with E-state index in [0.717, 1.165) is 52.5 Å². The van der Waals surface area contributed by atoms with E-state index in [9.17, 15) is 0 Å². The van der Waals surface area contributed by atoms with Crippen LogP contribution in [0.2, 0.25) is 0 Å². The molecule has 0 saturated heterocycles. The molecular formula is C45H32N2O2. The van der Waals surface area contributed by atoms with Gasteiger partial charge in [0.2, 0.25) is 5.71 Å². The number of rotatable bonds is 5. The number of nitrogens with zero attached hydrogens (tertiary/aromatic N) is 2. The third-order valence-electron chi connectivity index (χ3n) is 10.2. The summed E-state index contributed by atoms with van der Waals surface area (Å²) in [6.45, 7) is 0. The van der Waals surface area contributed by atoms with Crippen molar-refractivity contribution in [1.29, 1.82) is 0 Å². The van der Waals surface area contributed by atoms with Crippen LogP contribution in [0.5, 0.6) is 5.75 Å². The lowest BCUT2D eigenvalue weighted by Crippen LogP contribution is -2.15. The monoisotopic (exact) mass is 632 g/mol. The number of aromatic nitrogens is 1. The number of fused-ring (bicyclic) bond motifs is 8. The molecule has 2 aromatic heterocycles. The van der Waals surface area contributed by atoms with Crippen molar-refractivity contribution >= 4 is 28.2 Å². The van der Waals surface area contributed by atoms with Crippen LogP contribution in [-0.4, -0.2) is 11.1 Å². The summed E-state index contributed by atoms with van der Waals surface area (Å²) in [7, 11) is 0. The van der Waals surface area contributed by atoms with E-state index >= 15 is 0 Å². The summed E-state index contributed by atoms with van der Waals surface area (Å²) in [5.41, 5.74) is 13.7. The van der Waals surface area contributed by atoms with Crippen molar-refractivity contribution in [3.05, 3.63) is 175 Å². The molecule has 1 aliphatic heterocycles. The van der Waals surface area contributed by atoms with E-state index in [1.807, 2.05) is 6.07 Å². The Hall–Kier alpha value is -6.13. The predicted octanol–water partition coefficient (Wildman–Crippen LogP) is 11.4. The largest absolute Gasteiger partial charge is 0.485 e. The Morgan fingerprint density at radius 3 is 2.31 bits per heavy atom. The van der Waals surface area contributed by atoms with Crippen LogP contribution in [0.15, 0.2) is 162 Å². The van der Waals surface area contributed by atoms with Gasteiger partial charge in [0.05, 0.1) is 0 Å². The number of allylic oxidation sites excluding steroid dienone is 2. The summed E-state index contributed by atoms with van der Waals surface area (Å²) < 4.78 is 12.6. The first kappa shape index (κ1) is 27.9. The number of benzene rings is 5. The highest BCUT2D eigenvalue weighted by Crippen LogP contribution is 2.46. The van der Waals surface area contributed by atoms with Gasteiger partial charge in [0.25, 0.3) is 0 Å². The van der Waals surface area contributed by atoms with Gasteiger partial charge in [0.15, 0.2) is 0 Å². The van der Waals surface area contributed by atoms with Gasteiger partial charge in [-0.1, -0.05) is 91.0 Å². The number of ether oxygens (including phenoxy) is 1. The Morgan fingerprint density at radius 1 is 0.612 bits per heavy atom. The second kappa shape index (κ2) is 11.2.